The van der Waals surface area contributed by atoms with Crippen molar-refractivity contribution in [1.29, 1.82) is 0 Å². The summed E-state index contributed by atoms with van der Waals surface area (Å²) >= 11 is 0. The lowest BCUT2D eigenvalue weighted by Gasteiger charge is -2.35. The largest absolute Gasteiger partial charge is 0.340 e. The molecule has 4 aliphatic heterocycles. The standard InChI is InChI=1S/C19H32B2FN5/c22-19-13-25-7-9-26(14-19)17(12-27(21-19)10-8-25)20-18-16-6-4-2-1-3-5-15(16)11-23-24-18/h11,15-17,20-21H,1-10,12-14H2/t15?,16?,17?,19-/m1/s1. The number of rotatable bonds is 2. The van der Waals surface area contributed by atoms with E-state index in [1.165, 1.54) is 44.1 Å². The molecule has 4 heterocycles. The van der Waals surface area contributed by atoms with Gasteiger partial charge in [0.2, 0.25) is 7.28 Å². The number of alkyl halides is 1. The van der Waals surface area contributed by atoms with Gasteiger partial charge in [0.25, 0.3) is 7.41 Å². The van der Waals surface area contributed by atoms with Crippen molar-refractivity contribution in [2.24, 2.45) is 22.0 Å². The third kappa shape index (κ3) is 3.90. The predicted octanol–water partition coefficient (Wildman–Crippen LogP) is 0.698. The summed E-state index contributed by atoms with van der Waals surface area (Å²) in [6, 6.07) is 0. The van der Waals surface area contributed by atoms with Crippen molar-refractivity contribution in [3.05, 3.63) is 0 Å². The molecular weight excluding hydrogens is 339 g/mol. The zero-order chi connectivity index (χ0) is 18.3. The summed E-state index contributed by atoms with van der Waals surface area (Å²) < 4.78 is 15.6. The fraction of sp³-hybridized carbons (Fsp3) is 0.895. The first-order valence-electron chi connectivity index (χ1n) is 11.2. The molecule has 0 aromatic carbocycles. The van der Waals surface area contributed by atoms with Gasteiger partial charge in [0, 0.05) is 63.0 Å². The Morgan fingerprint density at radius 1 is 1.07 bits per heavy atom. The van der Waals surface area contributed by atoms with Crippen LogP contribution >= 0.6 is 0 Å². The van der Waals surface area contributed by atoms with E-state index in [2.05, 4.69) is 31.0 Å². The maximum atomic E-state index is 15.6. The van der Waals surface area contributed by atoms with Gasteiger partial charge in [-0.1, -0.05) is 25.7 Å². The summed E-state index contributed by atoms with van der Waals surface area (Å²) in [5, 5.41) is 9.07. The second-order valence-electron chi connectivity index (χ2n) is 9.61. The monoisotopic (exact) mass is 371 g/mol. The van der Waals surface area contributed by atoms with Crippen LogP contribution in [0.4, 0.5) is 4.39 Å². The summed E-state index contributed by atoms with van der Waals surface area (Å²) in [5.74, 6) is 1.54. The van der Waals surface area contributed by atoms with Crippen molar-refractivity contribution < 1.29 is 4.39 Å². The SMILES string of the molecule is F[C@@]12BN3CCN(CCN(C1)C(BC1=NN=CC4CCCCCCC14)C3)C2. The molecular formula is C19H32B2FN5. The molecule has 0 spiro atoms. The van der Waals surface area contributed by atoms with Crippen LogP contribution in [-0.2, 0) is 0 Å². The highest BCUT2D eigenvalue weighted by Gasteiger charge is 2.47. The van der Waals surface area contributed by atoms with Crippen LogP contribution in [0.3, 0.4) is 0 Å². The first-order valence-corrected chi connectivity index (χ1v) is 11.2. The van der Waals surface area contributed by atoms with Crippen LogP contribution in [-0.4, -0.2) is 98.5 Å². The summed E-state index contributed by atoms with van der Waals surface area (Å²) in [5.41, 5.74) is 0.234. The molecule has 0 N–H and O–H groups in total. The van der Waals surface area contributed by atoms with E-state index in [0.717, 1.165) is 40.0 Å². The van der Waals surface area contributed by atoms with Gasteiger partial charge in [0.1, 0.15) is 5.57 Å². The molecule has 0 aromatic heterocycles. The van der Waals surface area contributed by atoms with E-state index in [4.69, 9.17) is 0 Å². The van der Waals surface area contributed by atoms with Gasteiger partial charge >= 0.3 is 0 Å². The summed E-state index contributed by atoms with van der Waals surface area (Å²) in [6.07, 6.45) is 9.99. The van der Waals surface area contributed by atoms with Gasteiger partial charge in [-0.2, -0.15) is 10.2 Å². The van der Waals surface area contributed by atoms with E-state index in [0.29, 0.717) is 38.3 Å². The van der Waals surface area contributed by atoms with E-state index in [1.54, 1.807) is 0 Å². The lowest BCUT2D eigenvalue weighted by Crippen LogP contribution is -2.51. The molecule has 0 aromatic rings. The Bertz CT molecular complexity index is 617. The molecule has 0 radical (unpaired) electrons. The van der Waals surface area contributed by atoms with Crippen molar-refractivity contribution in [1.82, 2.24) is 14.6 Å². The molecule has 0 amide bonds. The number of hydrogen-bond donors (Lipinski definition) is 0. The summed E-state index contributed by atoms with van der Waals surface area (Å²) in [7, 11) is 1.58. The molecule has 7 atom stereocenters. The van der Waals surface area contributed by atoms with Crippen LogP contribution in [0, 0.1) is 11.8 Å². The molecule has 3 saturated heterocycles. The van der Waals surface area contributed by atoms with Crippen LogP contribution in [0.5, 0.6) is 0 Å². The Morgan fingerprint density at radius 2 is 1.93 bits per heavy atom. The lowest BCUT2D eigenvalue weighted by atomic mass is 9.56. The van der Waals surface area contributed by atoms with Gasteiger partial charge in [0.05, 0.1) is 0 Å². The van der Waals surface area contributed by atoms with Gasteiger partial charge in [-0.3, -0.25) is 4.90 Å². The van der Waals surface area contributed by atoms with E-state index in [1.807, 2.05) is 0 Å². The van der Waals surface area contributed by atoms with Crippen molar-refractivity contribution in [3.8, 4) is 0 Å². The Hall–Kier alpha value is -0.720. The average Bonchev–Trinajstić information content (AvgIpc) is 2.92. The zero-order valence-electron chi connectivity index (χ0n) is 16.5. The highest BCUT2D eigenvalue weighted by molar-refractivity contribution is 6.77. The third-order valence-electron chi connectivity index (χ3n) is 7.56. The first-order chi connectivity index (χ1) is 13.2. The topological polar surface area (TPSA) is 34.4 Å². The van der Waals surface area contributed by atoms with Crippen LogP contribution in [0.1, 0.15) is 38.5 Å². The zero-order valence-corrected chi connectivity index (χ0v) is 16.5. The van der Waals surface area contributed by atoms with Gasteiger partial charge < -0.3 is 9.71 Å². The van der Waals surface area contributed by atoms with E-state index in [-0.39, 0.29) is 0 Å². The minimum absolute atomic E-state index is 0.388. The smallest absolute Gasteiger partial charge is 0.251 e. The molecule has 1 saturated carbocycles. The summed E-state index contributed by atoms with van der Waals surface area (Å²) in [6.45, 7) is 6.22. The molecule has 5 nitrogen and oxygen atoms in total. The van der Waals surface area contributed by atoms with Gasteiger partial charge in [-0.15, -0.1) is 0 Å². The van der Waals surface area contributed by atoms with E-state index in [9.17, 15) is 0 Å². The Kier molecular flexibility index (Phi) is 5.16. The molecule has 27 heavy (non-hydrogen) atoms. The van der Waals surface area contributed by atoms with Gasteiger partial charge in [-0.25, -0.2) is 4.39 Å². The predicted molar refractivity (Wildman–Crippen MR) is 112 cm³/mol. The molecule has 4 fully saturated rings. The highest BCUT2D eigenvalue weighted by atomic mass is 19.1. The van der Waals surface area contributed by atoms with E-state index < -0.39 is 5.57 Å². The van der Waals surface area contributed by atoms with Gasteiger partial charge in [0.15, 0.2) is 0 Å². The maximum absolute atomic E-state index is 15.6. The van der Waals surface area contributed by atoms with Gasteiger partial charge in [-0.05, 0) is 25.3 Å². The number of fused-ring (bicyclic) bond motifs is 4. The average molecular weight is 371 g/mol. The number of halogens is 1. The van der Waals surface area contributed by atoms with Crippen molar-refractivity contribution in [3.63, 3.8) is 0 Å². The highest BCUT2D eigenvalue weighted by Crippen LogP contribution is 2.31. The second kappa shape index (κ2) is 7.60. The lowest BCUT2D eigenvalue weighted by molar-refractivity contribution is 0.160. The molecule has 146 valence electrons. The Labute approximate surface area is 163 Å². The molecule has 6 unspecified atom stereocenters. The molecule has 5 aliphatic rings. The molecule has 5 rings (SSSR count). The summed E-state index contributed by atoms with van der Waals surface area (Å²) in [4.78, 5) is 7.18. The minimum Gasteiger partial charge on any atom is -0.340 e. The van der Waals surface area contributed by atoms with Crippen molar-refractivity contribution in [2.45, 2.75) is 50.0 Å². The van der Waals surface area contributed by atoms with Crippen LogP contribution in [0.15, 0.2) is 10.2 Å². The van der Waals surface area contributed by atoms with Crippen LogP contribution in [0.2, 0.25) is 0 Å². The number of nitrogens with zero attached hydrogens (tertiary/aromatic N) is 5. The number of hydrogen-bond acceptors (Lipinski definition) is 5. The maximum Gasteiger partial charge on any atom is 0.251 e. The molecule has 1 aliphatic carbocycles. The fourth-order valence-corrected chi connectivity index (χ4v) is 6.18. The molecule has 8 heteroatoms. The van der Waals surface area contributed by atoms with Crippen LogP contribution < -0.4 is 0 Å². The first kappa shape index (κ1) is 18.3. The third-order valence-corrected chi connectivity index (χ3v) is 7.56. The van der Waals surface area contributed by atoms with Crippen molar-refractivity contribution in [2.75, 3.05) is 45.8 Å². The fourth-order valence-electron chi connectivity index (χ4n) is 6.18. The Morgan fingerprint density at radius 3 is 2.85 bits per heavy atom. The molecule has 4 bridgehead atoms. The normalized spacial score (nSPS) is 46.8. The van der Waals surface area contributed by atoms with Crippen LogP contribution in [0.25, 0.3) is 0 Å². The quantitative estimate of drug-likeness (QED) is 0.671. The second-order valence-corrected chi connectivity index (χ2v) is 9.61. The Balaban J connectivity index is 1.36. The van der Waals surface area contributed by atoms with Crippen molar-refractivity contribution >= 4 is 26.5 Å². The van der Waals surface area contributed by atoms with E-state index >= 15 is 4.39 Å². The minimum atomic E-state index is -1.07.